The third kappa shape index (κ3) is 3.62. The van der Waals surface area contributed by atoms with Gasteiger partial charge in [-0.3, -0.25) is 4.79 Å². The number of hydrogen-bond donors (Lipinski definition) is 2. The van der Waals surface area contributed by atoms with Gasteiger partial charge in [-0.05, 0) is 48.2 Å². The molecule has 0 atom stereocenters. The summed E-state index contributed by atoms with van der Waals surface area (Å²) in [7, 11) is 0. The molecule has 0 bridgehead atoms. The van der Waals surface area contributed by atoms with Crippen molar-refractivity contribution in [3.63, 3.8) is 0 Å². The van der Waals surface area contributed by atoms with E-state index < -0.39 is 5.97 Å². The van der Waals surface area contributed by atoms with Crippen molar-refractivity contribution in [3.8, 4) is 0 Å². The van der Waals surface area contributed by atoms with Crippen LogP contribution in [0.4, 0.5) is 4.39 Å². The van der Waals surface area contributed by atoms with E-state index in [2.05, 4.69) is 5.32 Å². The summed E-state index contributed by atoms with van der Waals surface area (Å²) in [5.41, 5.74) is 1.73. The first-order valence-electron chi connectivity index (χ1n) is 7.83. The van der Waals surface area contributed by atoms with E-state index in [1.807, 2.05) is 6.07 Å². The predicted molar refractivity (Wildman–Crippen MR) is 87.4 cm³/mol. The number of aromatic carboxylic acids is 1. The summed E-state index contributed by atoms with van der Waals surface area (Å²) in [5, 5.41) is 11.8. The van der Waals surface area contributed by atoms with Crippen LogP contribution in [0, 0.1) is 5.82 Å². The molecule has 0 spiro atoms. The summed E-state index contributed by atoms with van der Waals surface area (Å²) in [6.45, 7) is 0.489. The molecule has 0 unspecified atom stereocenters. The minimum absolute atomic E-state index is 0.124. The first kappa shape index (κ1) is 16.2. The molecule has 24 heavy (non-hydrogen) atoms. The lowest BCUT2D eigenvalue weighted by molar-refractivity contribution is -0.120. The van der Waals surface area contributed by atoms with Crippen molar-refractivity contribution in [1.29, 1.82) is 0 Å². The van der Waals surface area contributed by atoms with Gasteiger partial charge in [0.25, 0.3) is 0 Å². The number of halogens is 1. The zero-order chi connectivity index (χ0) is 17.2. The number of nitrogens with one attached hydrogen (secondary N) is 1. The molecule has 0 radical (unpaired) electrons. The highest BCUT2D eigenvalue weighted by Crippen LogP contribution is 2.47. The van der Waals surface area contributed by atoms with Crippen molar-refractivity contribution in [1.82, 2.24) is 5.32 Å². The number of carboxylic acids is 1. The molecular weight excluding hydrogens is 309 g/mol. The summed E-state index contributed by atoms with van der Waals surface area (Å²) >= 11 is 0. The van der Waals surface area contributed by atoms with Gasteiger partial charge in [-0.15, -0.1) is 0 Å². The molecule has 0 saturated heterocycles. The SMILES string of the molecule is O=C(Cc1ccc(C(=O)O)cc1)NCC1(c2cccc(F)c2)CC1. The standard InChI is InChI=1S/C19H18FNO3/c20-16-3-1-2-15(11-16)19(8-9-19)12-21-17(22)10-13-4-6-14(7-5-13)18(23)24/h1-7,11H,8-10,12H2,(H,21,22)(H,23,24). The molecule has 1 amide bonds. The number of rotatable bonds is 6. The van der Waals surface area contributed by atoms with Crippen LogP contribution >= 0.6 is 0 Å². The molecule has 4 nitrogen and oxygen atoms in total. The van der Waals surface area contributed by atoms with Crippen molar-refractivity contribution in [2.24, 2.45) is 0 Å². The Morgan fingerprint density at radius 2 is 1.83 bits per heavy atom. The fourth-order valence-corrected chi connectivity index (χ4v) is 2.82. The van der Waals surface area contributed by atoms with Crippen LogP contribution in [0.15, 0.2) is 48.5 Å². The van der Waals surface area contributed by atoms with Gasteiger partial charge in [0.05, 0.1) is 12.0 Å². The average molecular weight is 327 g/mol. The summed E-state index contributed by atoms with van der Waals surface area (Å²) in [6.07, 6.45) is 2.06. The van der Waals surface area contributed by atoms with Crippen molar-refractivity contribution in [3.05, 3.63) is 71.0 Å². The molecule has 0 aromatic heterocycles. The normalized spacial score (nSPS) is 14.9. The molecule has 1 fully saturated rings. The Balaban J connectivity index is 1.57. The molecule has 5 heteroatoms. The monoisotopic (exact) mass is 327 g/mol. The van der Waals surface area contributed by atoms with E-state index in [9.17, 15) is 14.0 Å². The number of hydrogen-bond acceptors (Lipinski definition) is 2. The Bertz CT molecular complexity index is 766. The van der Waals surface area contributed by atoms with Crippen LogP contribution in [0.2, 0.25) is 0 Å². The van der Waals surface area contributed by atoms with Gasteiger partial charge in [0.15, 0.2) is 0 Å². The molecular formula is C19H18FNO3. The highest BCUT2D eigenvalue weighted by Gasteiger charge is 2.44. The molecule has 2 aromatic carbocycles. The molecule has 2 aromatic rings. The number of carbonyl (C=O) groups excluding carboxylic acids is 1. The topological polar surface area (TPSA) is 66.4 Å². The Kier molecular flexibility index (Phi) is 4.34. The number of carboxylic acid groups (broad SMARTS) is 1. The minimum Gasteiger partial charge on any atom is -0.478 e. The predicted octanol–water partition coefficient (Wildman–Crippen LogP) is 2.91. The van der Waals surface area contributed by atoms with Crippen molar-refractivity contribution < 1.29 is 19.1 Å². The summed E-state index contributed by atoms with van der Waals surface area (Å²) in [6, 6.07) is 12.8. The van der Waals surface area contributed by atoms with Crippen molar-refractivity contribution >= 4 is 11.9 Å². The maximum atomic E-state index is 13.4. The van der Waals surface area contributed by atoms with E-state index >= 15 is 0 Å². The number of carbonyl (C=O) groups is 2. The van der Waals surface area contributed by atoms with Crippen LogP contribution in [0.3, 0.4) is 0 Å². The van der Waals surface area contributed by atoms with Crippen LogP contribution in [0.1, 0.15) is 34.3 Å². The Morgan fingerprint density at radius 1 is 1.12 bits per heavy atom. The fourth-order valence-electron chi connectivity index (χ4n) is 2.82. The smallest absolute Gasteiger partial charge is 0.335 e. The molecule has 0 aliphatic heterocycles. The van der Waals surface area contributed by atoms with Crippen LogP contribution in [-0.4, -0.2) is 23.5 Å². The lowest BCUT2D eigenvalue weighted by Gasteiger charge is -2.17. The molecule has 2 N–H and O–H groups in total. The highest BCUT2D eigenvalue weighted by atomic mass is 19.1. The van der Waals surface area contributed by atoms with Gasteiger partial charge in [-0.25, -0.2) is 9.18 Å². The second kappa shape index (κ2) is 6.43. The average Bonchev–Trinajstić information content (AvgIpc) is 3.35. The van der Waals surface area contributed by atoms with Gasteiger partial charge in [-0.1, -0.05) is 24.3 Å². The Labute approximate surface area is 139 Å². The summed E-state index contributed by atoms with van der Waals surface area (Å²) in [5.74, 6) is -1.37. The van der Waals surface area contributed by atoms with Crippen LogP contribution in [0.25, 0.3) is 0 Å². The first-order valence-corrected chi connectivity index (χ1v) is 7.83. The summed E-state index contributed by atoms with van der Waals surface area (Å²) in [4.78, 5) is 22.9. The minimum atomic E-state index is -0.989. The second-order valence-electron chi connectivity index (χ2n) is 6.25. The molecule has 124 valence electrons. The third-order valence-electron chi connectivity index (χ3n) is 4.48. The zero-order valence-corrected chi connectivity index (χ0v) is 13.1. The quantitative estimate of drug-likeness (QED) is 0.857. The van der Waals surface area contributed by atoms with E-state index in [1.165, 1.54) is 24.3 Å². The van der Waals surface area contributed by atoms with Crippen molar-refractivity contribution in [2.75, 3.05) is 6.54 Å². The number of benzene rings is 2. The highest BCUT2D eigenvalue weighted by molar-refractivity contribution is 5.87. The van der Waals surface area contributed by atoms with Gasteiger partial charge < -0.3 is 10.4 Å². The molecule has 1 aliphatic rings. The van der Waals surface area contributed by atoms with Crippen molar-refractivity contribution in [2.45, 2.75) is 24.7 Å². The Morgan fingerprint density at radius 3 is 2.42 bits per heavy atom. The van der Waals surface area contributed by atoms with E-state index in [1.54, 1.807) is 18.2 Å². The molecule has 0 heterocycles. The Hall–Kier alpha value is -2.69. The van der Waals surface area contributed by atoms with Crippen LogP contribution < -0.4 is 5.32 Å². The van der Waals surface area contributed by atoms with Gasteiger partial charge >= 0.3 is 5.97 Å². The lowest BCUT2D eigenvalue weighted by Crippen LogP contribution is -2.33. The molecule has 1 aliphatic carbocycles. The third-order valence-corrected chi connectivity index (χ3v) is 4.48. The van der Waals surface area contributed by atoms with Gasteiger partial charge in [0.2, 0.25) is 5.91 Å². The van der Waals surface area contributed by atoms with Gasteiger partial charge in [0, 0.05) is 12.0 Å². The van der Waals surface area contributed by atoms with E-state index in [-0.39, 0.29) is 29.1 Å². The van der Waals surface area contributed by atoms with E-state index in [0.29, 0.717) is 6.54 Å². The number of amides is 1. The van der Waals surface area contributed by atoms with Crippen LogP contribution in [-0.2, 0) is 16.6 Å². The maximum Gasteiger partial charge on any atom is 0.335 e. The molecule has 1 saturated carbocycles. The summed E-state index contributed by atoms with van der Waals surface area (Å²) < 4.78 is 13.4. The largest absolute Gasteiger partial charge is 0.478 e. The van der Waals surface area contributed by atoms with Gasteiger partial charge in [-0.2, -0.15) is 0 Å². The lowest BCUT2D eigenvalue weighted by atomic mass is 9.95. The van der Waals surface area contributed by atoms with E-state index in [0.717, 1.165) is 24.0 Å². The van der Waals surface area contributed by atoms with E-state index in [4.69, 9.17) is 5.11 Å². The zero-order valence-electron chi connectivity index (χ0n) is 13.1. The maximum absolute atomic E-state index is 13.4. The van der Waals surface area contributed by atoms with Crippen LogP contribution in [0.5, 0.6) is 0 Å². The molecule has 3 rings (SSSR count). The van der Waals surface area contributed by atoms with Gasteiger partial charge in [0.1, 0.15) is 5.82 Å². The first-order chi connectivity index (χ1) is 11.5. The fraction of sp³-hybridized carbons (Fsp3) is 0.263. The second-order valence-corrected chi connectivity index (χ2v) is 6.25.